The number of nitrogens with two attached hydrogens (primary N) is 1. The van der Waals surface area contributed by atoms with Crippen molar-refractivity contribution in [3.05, 3.63) is 11.8 Å². The molecule has 1 fully saturated rings. The number of nitrogens with zero attached hydrogens (tertiary/aromatic N) is 2. The smallest absolute Gasteiger partial charge is 0.145 e. The van der Waals surface area contributed by atoms with Crippen molar-refractivity contribution in [2.45, 2.75) is 45.6 Å². The normalized spacial score (nSPS) is 16.9. The van der Waals surface area contributed by atoms with E-state index >= 15 is 0 Å². The maximum atomic E-state index is 5.62. The van der Waals surface area contributed by atoms with Gasteiger partial charge in [-0.2, -0.15) is 5.10 Å². The van der Waals surface area contributed by atoms with Gasteiger partial charge in [-0.05, 0) is 25.7 Å². The summed E-state index contributed by atoms with van der Waals surface area (Å²) in [5.74, 6) is 1.65. The lowest BCUT2D eigenvalue weighted by Gasteiger charge is -2.25. The average Bonchev–Trinajstić information content (AvgIpc) is 2.36. The van der Waals surface area contributed by atoms with Crippen LogP contribution in [0.3, 0.4) is 0 Å². The summed E-state index contributed by atoms with van der Waals surface area (Å²) in [6.07, 6.45) is 6.94. The van der Waals surface area contributed by atoms with Gasteiger partial charge < -0.3 is 5.73 Å². The summed E-state index contributed by atoms with van der Waals surface area (Å²) in [5, 5.41) is 4.25. The van der Waals surface area contributed by atoms with Crippen molar-refractivity contribution in [2.75, 3.05) is 5.73 Å². The predicted molar refractivity (Wildman–Crippen MR) is 58.0 cm³/mol. The van der Waals surface area contributed by atoms with Crippen LogP contribution in [-0.4, -0.2) is 9.78 Å². The number of rotatable bonds is 4. The highest BCUT2D eigenvalue weighted by Crippen LogP contribution is 2.30. The van der Waals surface area contributed by atoms with Crippen LogP contribution < -0.4 is 5.73 Å². The number of hydrogen-bond donors (Lipinski definition) is 1. The Labute approximate surface area is 85.3 Å². The quantitative estimate of drug-likeness (QED) is 0.797. The highest BCUT2D eigenvalue weighted by atomic mass is 15.3. The van der Waals surface area contributed by atoms with Crippen LogP contribution in [0.4, 0.5) is 5.82 Å². The minimum absolute atomic E-state index is 0.645. The van der Waals surface area contributed by atoms with Gasteiger partial charge >= 0.3 is 0 Å². The molecular weight excluding hydrogens is 174 g/mol. The van der Waals surface area contributed by atoms with E-state index in [4.69, 9.17) is 5.73 Å². The molecule has 0 aromatic carbocycles. The van der Waals surface area contributed by atoms with Gasteiger partial charge in [-0.3, -0.25) is 4.68 Å². The minimum atomic E-state index is 0.645. The fourth-order valence-electron chi connectivity index (χ4n) is 2.07. The first kappa shape index (κ1) is 9.56. The molecule has 3 nitrogen and oxygen atoms in total. The summed E-state index contributed by atoms with van der Waals surface area (Å²) in [6, 6.07) is 1.93. The number of aromatic nitrogens is 2. The highest BCUT2D eigenvalue weighted by molar-refractivity contribution is 5.28. The summed E-state index contributed by atoms with van der Waals surface area (Å²) in [7, 11) is 0. The molecule has 0 atom stereocenters. The number of aryl methyl sites for hydroxylation is 2. The summed E-state index contributed by atoms with van der Waals surface area (Å²) in [4.78, 5) is 0. The van der Waals surface area contributed by atoms with Crippen LogP contribution in [0.25, 0.3) is 0 Å². The van der Waals surface area contributed by atoms with Gasteiger partial charge in [0.2, 0.25) is 0 Å². The van der Waals surface area contributed by atoms with E-state index in [0.29, 0.717) is 5.82 Å². The monoisotopic (exact) mass is 193 g/mol. The molecule has 78 valence electrons. The van der Waals surface area contributed by atoms with E-state index in [1.165, 1.54) is 37.8 Å². The van der Waals surface area contributed by atoms with Gasteiger partial charge in [-0.1, -0.05) is 19.3 Å². The first-order chi connectivity index (χ1) is 6.75. The second-order valence-electron chi connectivity index (χ2n) is 4.37. The molecule has 1 aromatic heterocycles. The molecule has 0 amide bonds. The van der Waals surface area contributed by atoms with Crippen LogP contribution in [0.15, 0.2) is 6.07 Å². The van der Waals surface area contributed by atoms with Gasteiger partial charge in [0.05, 0.1) is 0 Å². The summed E-state index contributed by atoms with van der Waals surface area (Å²) in [5.41, 5.74) is 6.79. The minimum Gasteiger partial charge on any atom is -0.382 e. The van der Waals surface area contributed by atoms with Crippen LogP contribution in [0.5, 0.6) is 0 Å². The zero-order valence-corrected chi connectivity index (χ0v) is 8.87. The molecule has 0 aliphatic heterocycles. The van der Waals surface area contributed by atoms with Gasteiger partial charge in [0.15, 0.2) is 0 Å². The SMILES string of the molecule is Cc1cc(N)nn1CCCC1CCC1. The molecule has 0 bridgehead atoms. The highest BCUT2D eigenvalue weighted by Gasteiger charge is 2.16. The Kier molecular flexibility index (Phi) is 2.75. The van der Waals surface area contributed by atoms with Crippen molar-refractivity contribution >= 4 is 5.82 Å². The largest absolute Gasteiger partial charge is 0.382 e. The Hall–Kier alpha value is -0.990. The van der Waals surface area contributed by atoms with E-state index in [1.54, 1.807) is 0 Å². The van der Waals surface area contributed by atoms with Gasteiger partial charge in [0, 0.05) is 18.3 Å². The van der Waals surface area contributed by atoms with Crippen LogP contribution in [0.2, 0.25) is 0 Å². The molecule has 0 unspecified atom stereocenters. The Morgan fingerprint density at radius 2 is 2.36 bits per heavy atom. The van der Waals surface area contributed by atoms with Crippen molar-refractivity contribution in [2.24, 2.45) is 5.92 Å². The standard InChI is InChI=1S/C11H19N3/c1-9-8-11(12)13-14(9)7-3-6-10-4-2-5-10/h8,10H,2-7H2,1H3,(H2,12,13). The van der Waals surface area contributed by atoms with Crippen LogP contribution in [0, 0.1) is 12.8 Å². The van der Waals surface area contributed by atoms with E-state index in [2.05, 4.69) is 12.0 Å². The molecule has 1 saturated carbocycles. The van der Waals surface area contributed by atoms with Crippen molar-refractivity contribution in [1.29, 1.82) is 0 Å². The Bertz CT molecular complexity index is 299. The van der Waals surface area contributed by atoms with Gasteiger partial charge in [-0.25, -0.2) is 0 Å². The topological polar surface area (TPSA) is 43.8 Å². The molecule has 0 saturated heterocycles. The molecular formula is C11H19N3. The third-order valence-corrected chi connectivity index (χ3v) is 3.21. The molecule has 14 heavy (non-hydrogen) atoms. The first-order valence-corrected chi connectivity index (χ1v) is 5.55. The average molecular weight is 193 g/mol. The number of anilines is 1. The van der Waals surface area contributed by atoms with Gasteiger partial charge in [0.1, 0.15) is 5.82 Å². The third-order valence-electron chi connectivity index (χ3n) is 3.21. The Morgan fingerprint density at radius 3 is 2.86 bits per heavy atom. The summed E-state index contributed by atoms with van der Waals surface area (Å²) >= 11 is 0. The summed E-state index contributed by atoms with van der Waals surface area (Å²) in [6.45, 7) is 3.09. The maximum absolute atomic E-state index is 5.62. The molecule has 1 aromatic rings. The van der Waals surface area contributed by atoms with Crippen molar-refractivity contribution in [1.82, 2.24) is 9.78 Å². The predicted octanol–water partition coefficient (Wildman–Crippen LogP) is 2.35. The Balaban J connectivity index is 1.76. The van der Waals surface area contributed by atoms with Gasteiger partial charge in [0.25, 0.3) is 0 Å². The lowest BCUT2D eigenvalue weighted by molar-refractivity contribution is 0.282. The fraction of sp³-hybridized carbons (Fsp3) is 0.727. The van der Waals surface area contributed by atoms with E-state index < -0.39 is 0 Å². The number of hydrogen-bond acceptors (Lipinski definition) is 2. The van der Waals surface area contributed by atoms with E-state index in [1.807, 2.05) is 10.7 Å². The molecule has 2 rings (SSSR count). The molecule has 0 spiro atoms. The van der Waals surface area contributed by atoms with Gasteiger partial charge in [-0.15, -0.1) is 0 Å². The summed E-state index contributed by atoms with van der Waals surface area (Å²) < 4.78 is 2.02. The first-order valence-electron chi connectivity index (χ1n) is 5.55. The van der Waals surface area contributed by atoms with Crippen molar-refractivity contribution in [3.63, 3.8) is 0 Å². The molecule has 1 aliphatic rings. The fourth-order valence-corrected chi connectivity index (χ4v) is 2.07. The van der Waals surface area contributed by atoms with E-state index in [9.17, 15) is 0 Å². The molecule has 1 heterocycles. The maximum Gasteiger partial charge on any atom is 0.145 e. The van der Waals surface area contributed by atoms with Crippen LogP contribution >= 0.6 is 0 Å². The van der Waals surface area contributed by atoms with Crippen LogP contribution in [0.1, 0.15) is 37.8 Å². The molecule has 1 aliphatic carbocycles. The zero-order valence-electron chi connectivity index (χ0n) is 8.87. The Morgan fingerprint density at radius 1 is 1.57 bits per heavy atom. The van der Waals surface area contributed by atoms with E-state index in [-0.39, 0.29) is 0 Å². The van der Waals surface area contributed by atoms with Crippen molar-refractivity contribution < 1.29 is 0 Å². The molecule has 3 heteroatoms. The zero-order chi connectivity index (χ0) is 9.97. The lowest BCUT2D eigenvalue weighted by atomic mass is 9.82. The lowest BCUT2D eigenvalue weighted by Crippen LogP contribution is -2.12. The second-order valence-corrected chi connectivity index (χ2v) is 4.37. The van der Waals surface area contributed by atoms with E-state index in [0.717, 1.165) is 12.5 Å². The second kappa shape index (κ2) is 4.03. The molecule has 0 radical (unpaired) electrons. The number of nitrogen functional groups attached to an aromatic ring is 1. The molecule has 2 N–H and O–H groups in total. The van der Waals surface area contributed by atoms with Crippen LogP contribution in [-0.2, 0) is 6.54 Å². The third kappa shape index (κ3) is 2.08. The van der Waals surface area contributed by atoms with Crippen molar-refractivity contribution in [3.8, 4) is 0 Å².